The molecule has 4 rings (SSSR count). The lowest BCUT2D eigenvalue weighted by Crippen LogP contribution is -2.14. The SMILES string of the molecule is COc1cc2c(cc1OC)-c1c(C(=O)O)c(Cc3ccccc3)c(C)n1CC2. The van der Waals surface area contributed by atoms with E-state index in [1.165, 1.54) is 0 Å². The first-order valence-electron chi connectivity index (χ1n) is 9.29. The predicted octanol–water partition coefficient (Wildman–Crippen LogP) is 4.33. The van der Waals surface area contributed by atoms with Crippen LogP contribution in [0.2, 0.25) is 0 Å². The highest BCUT2D eigenvalue weighted by atomic mass is 16.5. The summed E-state index contributed by atoms with van der Waals surface area (Å²) in [4.78, 5) is 12.3. The number of aromatic nitrogens is 1. The number of nitrogens with zero attached hydrogens (tertiary/aromatic N) is 1. The second kappa shape index (κ2) is 7.08. The van der Waals surface area contributed by atoms with Crippen LogP contribution >= 0.6 is 0 Å². The van der Waals surface area contributed by atoms with Gasteiger partial charge in [0, 0.05) is 24.2 Å². The number of aromatic carboxylic acids is 1. The number of fused-ring (bicyclic) bond motifs is 3. The molecule has 3 aromatic rings. The summed E-state index contributed by atoms with van der Waals surface area (Å²) in [5.41, 5.74) is 6.12. The van der Waals surface area contributed by atoms with Crippen LogP contribution in [-0.2, 0) is 19.4 Å². The Balaban J connectivity index is 1.94. The molecule has 0 amide bonds. The highest BCUT2D eigenvalue weighted by Gasteiger charge is 2.30. The third kappa shape index (κ3) is 2.83. The maximum atomic E-state index is 12.3. The normalized spacial score (nSPS) is 12.2. The molecule has 0 saturated carbocycles. The van der Waals surface area contributed by atoms with E-state index in [4.69, 9.17) is 9.47 Å². The summed E-state index contributed by atoms with van der Waals surface area (Å²) in [5.74, 6) is 0.374. The van der Waals surface area contributed by atoms with E-state index in [1.807, 2.05) is 49.4 Å². The van der Waals surface area contributed by atoms with E-state index in [-0.39, 0.29) is 0 Å². The van der Waals surface area contributed by atoms with Gasteiger partial charge in [-0.2, -0.15) is 0 Å². The zero-order chi connectivity index (χ0) is 19.8. The van der Waals surface area contributed by atoms with Gasteiger partial charge in [0.05, 0.1) is 25.5 Å². The first-order chi connectivity index (χ1) is 13.5. The number of hydrogen-bond acceptors (Lipinski definition) is 3. The summed E-state index contributed by atoms with van der Waals surface area (Å²) in [5, 5.41) is 10.1. The van der Waals surface area contributed by atoms with Crippen molar-refractivity contribution >= 4 is 5.97 Å². The molecule has 0 fully saturated rings. The lowest BCUT2D eigenvalue weighted by atomic mass is 9.93. The molecular weight excluding hydrogens is 354 g/mol. The monoisotopic (exact) mass is 377 g/mol. The molecule has 0 saturated heterocycles. The maximum Gasteiger partial charge on any atom is 0.338 e. The third-order valence-electron chi connectivity index (χ3n) is 5.56. The molecule has 1 aliphatic rings. The molecule has 0 atom stereocenters. The number of carboxylic acid groups (broad SMARTS) is 1. The van der Waals surface area contributed by atoms with Crippen molar-refractivity contribution in [1.29, 1.82) is 0 Å². The molecule has 0 unspecified atom stereocenters. The van der Waals surface area contributed by atoms with Crippen LogP contribution in [0.15, 0.2) is 42.5 Å². The van der Waals surface area contributed by atoms with Gasteiger partial charge in [-0.1, -0.05) is 30.3 Å². The van der Waals surface area contributed by atoms with Crippen LogP contribution in [0.25, 0.3) is 11.3 Å². The van der Waals surface area contributed by atoms with Crippen molar-refractivity contribution in [3.63, 3.8) is 0 Å². The van der Waals surface area contributed by atoms with E-state index >= 15 is 0 Å². The van der Waals surface area contributed by atoms with Crippen LogP contribution in [0.5, 0.6) is 11.5 Å². The van der Waals surface area contributed by atoms with Gasteiger partial charge in [-0.05, 0) is 42.2 Å². The first-order valence-corrected chi connectivity index (χ1v) is 9.29. The number of methoxy groups -OCH3 is 2. The van der Waals surface area contributed by atoms with Crippen LogP contribution in [0.3, 0.4) is 0 Å². The lowest BCUT2D eigenvalue weighted by Gasteiger charge is -2.23. The lowest BCUT2D eigenvalue weighted by molar-refractivity contribution is 0.0696. The first kappa shape index (κ1) is 18.2. The maximum absolute atomic E-state index is 12.3. The van der Waals surface area contributed by atoms with E-state index < -0.39 is 5.97 Å². The molecule has 0 radical (unpaired) electrons. The molecule has 144 valence electrons. The van der Waals surface area contributed by atoms with Crippen LogP contribution in [-0.4, -0.2) is 29.9 Å². The molecule has 2 heterocycles. The number of aryl methyl sites for hydroxylation is 1. The van der Waals surface area contributed by atoms with Crippen molar-refractivity contribution in [2.45, 2.75) is 26.3 Å². The van der Waals surface area contributed by atoms with Crippen molar-refractivity contribution in [2.24, 2.45) is 0 Å². The summed E-state index contributed by atoms with van der Waals surface area (Å²) in [6.45, 7) is 2.76. The van der Waals surface area contributed by atoms with E-state index in [1.54, 1.807) is 14.2 Å². The minimum atomic E-state index is -0.898. The number of carbonyl (C=O) groups is 1. The minimum absolute atomic E-state index is 0.384. The topological polar surface area (TPSA) is 60.7 Å². The molecule has 2 aromatic carbocycles. The Hall–Kier alpha value is -3.21. The van der Waals surface area contributed by atoms with Crippen LogP contribution in [0.1, 0.15) is 32.7 Å². The Bertz CT molecular complexity index is 1050. The van der Waals surface area contributed by atoms with Gasteiger partial charge in [-0.3, -0.25) is 0 Å². The van der Waals surface area contributed by atoms with E-state index in [0.29, 0.717) is 23.5 Å². The second-order valence-corrected chi connectivity index (χ2v) is 7.02. The smallest absolute Gasteiger partial charge is 0.338 e. The van der Waals surface area contributed by atoms with Crippen molar-refractivity contribution in [2.75, 3.05) is 14.2 Å². The van der Waals surface area contributed by atoms with E-state index in [2.05, 4.69) is 4.57 Å². The largest absolute Gasteiger partial charge is 0.493 e. The summed E-state index contributed by atoms with van der Waals surface area (Å²) < 4.78 is 13.0. The Morgan fingerprint density at radius 1 is 1.11 bits per heavy atom. The molecule has 0 bridgehead atoms. The van der Waals surface area contributed by atoms with E-state index in [0.717, 1.165) is 46.6 Å². The third-order valence-corrected chi connectivity index (χ3v) is 5.56. The molecule has 0 spiro atoms. The Labute approximate surface area is 164 Å². The molecule has 0 aliphatic carbocycles. The van der Waals surface area contributed by atoms with Gasteiger partial charge >= 0.3 is 5.97 Å². The van der Waals surface area contributed by atoms with Gasteiger partial charge in [-0.15, -0.1) is 0 Å². The van der Waals surface area contributed by atoms with Gasteiger partial charge in [-0.25, -0.2) is 4.79 Å². The van der Waals surface area contributed by atoms with Crippen LogP contribution in [0.4, 0.5) is 0 Å². The fraction of sp³-hybridized carbons (Fsp3) is 0.261. The predicted molar refractivity (Wildman–Crippen MR) is 108 cm³/mol. The fourth-order valence-corrected chi connectivity index (χ4v) is 4.18. The van der Waals surface area contributed by atoms with Crippen LogP contribution in [0, 0.1) is 6.92 Å². The number of benzene rings is 2. The van der Waals surface area contributed by atoms with Gasteiger partial charge in [0.2, 0.25) is 0 Å². The summed E-state index contributed by atoms with van der Waals surface area (Å²) in [6, 6.07) is 13.9. The van der Waals surface area contributed by atoms with Crippen molar-refractivity contribution in [1.82, 2.24) is 4.57 Å². The Morgan fingerprint density at radius 2 is 1.79 bits per heavy atom. The van der Waals surface area contributed by atoms with E-state index in [9.17, 15) is 9.90 Å². The molecule has 1 aliphatic heterocycles. The Kier molecular flexibility index (Phi) is 4.59. The van der Waals surface area contributed by atoms with Gasteiger partial charge < -0.3 is 19.1 Å². The molecule has 5 heteroatoms. The molecular formula is C23H23NO4. The Morgan fingerprint density at radius 3 is 2.43 bits per heavy atom. The zero-order valence-electron chi connectivity index (χ0n) is 16.3. The number of hydrogen-bond donors (Lipinski definition) is 1. The number of rotatable bonds is 5. The van der Waals surface area contributed by atoms with Gasteiger partial charge in [0.15, 0.2) is 11.5 Å². The molecule has 1 N–H and O–H groups in total. The van der Waals surface area contributed by atoms with Crippen molar-refractivity contribution in [3.05, 3.63) is 70.4 Å². The second-order valence-electron chi connectivity index (χ2n) is 7.02. The number of ether oxygens (including phenoxy) is 2. The number of carboxylic acids is 1. The van der Waals surface area contributed by atoms with Gasteiger partial charge in [0.25, 0.3) is 0 Å². The molecule has 1 aromatic heterocycles. The van der Waals surface area contributed by atoms with Crippen LogP contribution < -0.4 is 9.47 Å². The summed E-state index contributed by atoms with van der Waals surface area (Å²) >= 11 is 0. The average Bonchev–Trinajstić information content (AvgIpc) is 3.00. The standard InChI is InChI=1S/C23H23NO4/c1-14-17(11-15-7-5-4-6-8-15)21(23(25)26)22-18-13-20(28-3)19(27-2)12-16(18)9-10-24(14)22/h4-8,12-13H,9-11H2,1-3H3,(H,25,26). The highest BCUT2D eigenvalue weighted by Crippen LogP contribution is 2.42. The van der Waals surface area contributed by atoms with Gasteiger partial charge in [0.1, 0.15) is 0 Å². The average molecular weight is 377 g/mol. The molecule has 28 heavy (non-hydrogen) atoms. The quantitative estimate of drug-likeness (QED) is 0.719. The minimum Gasteiger partial charge on any atom is -0.493 e. The van der Waals surface area contributed by atoms with Crippen molar-refractivity contribution < 1.29 is 19.4 Å². The fourth-order valence-electron chi connectivity index (χ4n) is 4.18. The zero-order valence-corrected chi connectivity index (χ0v) is 16.3. The van der Waals surface area contributed by atoms with Crippen molar-refractivity contribution in [3.8, 4) is 22.8 Å². The highest BCUT2D eigenvalue weighted by molar-refractivity contribution is 5.99. The summed E-state index contributed by atoms with van der Waals surface area (Å²) in [7, 11) is 3.21. The molecule has 5 nitrogen and oxygen atoms in total. The summed E-state index contributed by atoms with van der Waals surface area (Å²) in [6.07, 6.45) is 1.42.